The molecule has 2 heterocycles. The van der Waals surface area contributed by atoms with E-state index in [0.717, 1.165) is 40.3 Å². The van der Waals surface area contributed by atoms with E-state index in [-0.39, 0.29) is 9.77 Å². The number of carbonyl (C=O) groups excluding carboxylic acids is 1. The Balaban J connectivity index is 1.53. The fraction of sp³-hybridized carbons (Fsp3) is 0.167. The number of carbonyl (C=O) groups is 1. The van der Waals surface area contributed by atoms with Crippen LogP contribution in [0.1, 0.15) is 23.2 Å². The molecule has 0 unspecified atom stereocenters. The first-order valence-electron chi connectivity index (χ1n) is 8.73. The van der Waals surface area contributed by atoms with Crippen molar-refractivity contribution in [3.8, 4) is 10.4 Å². The van der Waals surface area contributed by atoms with E-state index in [1.807, 2.05) is 24.3 Å². The second-order valence-electron chi connectivity index (χ2n) is 6.60. The van der Waals surface area contributed by atoms with Crippen molar-refractivity contribution < 1.29 is 13.2 Å². The van der Waals surface area contributed by atoms with Gasteiger partial charge in [-0.1, -0.05) is 12.1 Å². The van der Waals surface area contributed by atoms with E-state index < -0.39 is 15.9 Å². The lowest BCUT2D eigenvalue weighted by molar-refractivity contribution is 0.100. The lowest BCUT2D eigenvalue weighted by atomic mass is 10.2. The third-order valence-corrected chi connectivity index (χ3v) is 6.83. The third-order valence-electron chi connectivity index (χ3n) is 4.26. The van der Waals surface area contributed by atoms with Crippen molar-refractivity contribution in [3.63, 3.8) is 0 Å². The molecule has 0 saturated heterocycles. The van der Waals surface area contributed by atoms with E-state index in [4.69, 9.17) is 10.9 Å². The maximum Gasteiger partial charge on any atom is 0.254 e. The Labute approximate surface area is 171 Å². The fourth-order valence-corrected chi connectivity index (χ4v) is 4.36. The molecule has 0 spiro atoms. The Morgan fingerprint density at radius 2 is 1.86 bits per heavy atom. The SMILES string of the molecule is NC(=O)c1cnc(Nc2ccc(-c3ccc(S(N)(=O)=O)s3)cc2)nc1NC1CC1. The highest BCUT2D eigenvalue weighted by Crippen LogP contribution is 2.31. The van der Waals surface area contributed by atoms with Crippen LogP contribution in [0.25, 0.3) is 10.4 Å². The maximum absolute atomic E-state index is 11.6. The van der Waals surface area contributed by atoms with Crippen LogP contribution in [0.4, 0.5) is 17.5 Å². The van der Waals surface area contributed by atoms with Crippen molar-refractivity contribution in [2.24, 2.45) is 10.9 Å². The van der Waals surface area contributed by atoms with Crippen LogP contribution in [-0.4, -0.2) is 30.3 Å². The number of benzene rings is 1. The molecule has 29 heavy (non-hydrogen) atoms. The molecule has 0 bridgehead atoms. The number of thiophene rings is 1. The molecule has 6 N–H and O–H groups in total. The highest BCUT2D eigenvalue weighted by atomic mass is 32.2. The standard InChI is InChI=1S/C18H18N6O3S2/c19-16(25)13-9-21-18(24-17(13)22-11-5-6-11)23-12-3-1-10(2-4-12)14-7-8-15(28-14)29(20,26)27/h1-4,7-9,11H,5-6H2,(H2,19,25)(H2,20,26,27)(H2,21,22,23,24). The first-order chi connectivity index (χ1) is 13.8. The smallest absolute Gasteiger partial charge is 0.254 e. The predicted octanol–water partition coefficient (Wildman–Crippen LogP) is 2.27. The van der Waals surface area contributed by atoms with Gasteiger partial charge in [0.25, 0.3) is 5.91 Å². The molecule has 150 valence electrons. The maximum atomic E-state index is 11.6. The molecule has 0 atom stereocenters. The molecule has 3 aromatic rings. The van der Waals surface area contributed by atoms with E-state index >= 15 is 0 Å². The summed E-state index contributed by atoms with van der Waals surface area (Å²) in [5.41, 5.74) is 7.24. The summed E-state index contributed by atoms with van der Waals surface area (Å²) in [6.07, 6.45) is 3.46. The molecule has 2 aromatic heterocycles. The number of sulfonamides is 1. The predicted molar refractivity (Wildman–Crippen MR) is 112 cm³/mol. The molecule has 1 fully saturated rings. The first kappa shape index (κ1) is 19.3. The van der Waals surface area contributed by atoms with Gasteiger partial charge in [-0.2, -0.15) is 4.98 Å². The Morgan fingerprint density at radius 1 is 1.14 bits per heavy atom. The van der Waals surface area contributed by atoms with E-state index in [1.54, 1.807) is 6.07 Å². The molecule has 1 aliphatic carbocycles. The zero-order valence-electron chi connectivity index (χ0n) is 15.1. The van der Waals surface area contributed by atoms with Gasteiger partial charge in [0.1, 0.15) is 10.0 Å². The number of rotatable bonds is 7. The third kappa shape index (κ3) is 4.53. The zero-order chi connectivity index (χ0) is 20.6. The monoisotopic (exact) mass is 430 g/mol. The summed E-state index contributed by atoms with van der Waals surface area (Å²) < 4.78 is 23.0. The van der Waals surface area contributed by atoms with Gasteiger partial charge >= 0.3 is 0 Å². The molecule has 9 nitrogen and oxygen atoms in total. The number of primary amides is 1. The van der Waals surface area contributed by atoms with Crippen LogP contribution in [0, 0.1) is 0 Å². The molecular weight excluding hydrogens is 412 g/mol. The van der Waals surface area contributed by atoms with Crippen molar-refractivity contribution in [1.29, 1.82) is 0 Å². The van der Waals surface area contributed by atoms with Crippen LogP contribution in [0.5, 0.6) is 0 Å². The van der Waals surface area contributed by atoms with Crippen LogP contribution in [0.2, 0.25) is 0 Å². The number of hydrogen-bond donors (Lipinski definition) is 4. The van der Waals surface area contributed by atoms with Crippen LogP contribution < -0.4 is 21.5 Å². The number of nitrogens with two attached hydrogens (primary N) is 2. The van der Waals surface area contributed by atoms with Crippen molar-refractivity contribution in [2.45, 2.75) is 23.1 Å². The Morgan fingerprint density at radius 3 is 2.45 bits per heavy atom. The van der Waals surface area contributed by atoms with Gasteiger partial charge in [0.2, 0.25) is 16.0 Å². The molecule has 1 aliphatic rings. The van der Waals surface area contributed by atoms with Gasteiger partial charge in [0.05, 0.1) is 5.56 Å². The number of nitrogens with zero attached hydrogens (tertiary/aromatic N) is 2. The highest BCUT2D eigenvalue weighted by molar-refractivity contribution is 7.91. The largest absolute Gasteiger partial charge is 0.367 e. The first-order valence-corrected chi connectivity index (χ1v) is 11.1. The Kier molecular flexibility index (Phi) is 4.94. The van der Waals surface area contributed by atoms with Gasteiger partial charge in [-0.05, 0) is 42.7 Å². The number of hydrogen-bond acceptors (Lipinski definition) is 8. The lowest BCUT2D eigenvalue weighted by Gasteiger charge is -2.11. The summed E-state index contributed by atoms with van der Waals surface area (Å²) >= 11 is 1.11. The summed E-state index contributed by atoms with van der Waals surface area (Å²) in [6, 6.07) is 10.9. The second kappa shape index (κ2) is 7.43. The summed E-state index contributed by atoms with van der Waals surface area (Å²) in [5.74, 6) is 0.167. The molecule has 1 amide bonds. The molecule has 4 rings (SSSR count). The lowest BCUT2D eigenvalue weighted by Crippen LogP contribution is -2.17. The average molecular weight is 431 g/mol. The highest BCUT2D eigenvalue weighted by Gasteiger charge is 2.24. The minimum atomic E-state index is -3.71. The fourth-order valence-electron chi connectivity index (χ4n) is 2.63. The molecular formula is C18H18N6O3S2. The van der Waals surface area contributed by atoms with Gasteiger partial charge < -0.3 is 16.4 Å². The van der Waals surface area contributed by atoms with E-state index in [1.165, 1.54) is 12.3 Å². The number of aromatic nitrogens is 2. The summed E-state index contributed by atoms with van der Waals surface area (Å²) in [4.78, 5) is 20.9. The topological polar surface area (TPSA) is 153 Å². The summed E-state index contributed by atoms with van der Waals surface area (Å²) in [6.45, 7) is 0. The van der Waals surface area contributed by atoms with Gasteiger partial charge in [0.15, 0.2) is 0 Å². The van der Waals surface area contributed by atoms with Gasteiger partial charge in [-0.25, -0.2) is 18.5 Å². The molecule has 1 saturated carbocycles. The van der Waals surface area contributed by atoms with E-state index in [9.17, 15) is 13.2 Å². The summed E-state index contributed by atoms with van der Waals surface area (Å²) in [7, 11) is -3.71. The average Bonchev–Trinajstić information content (AvgIpc) is 3.32. The van der Waals surface area contributed by atoms with Crippen molar-refractivity contribution in [2.75, 3.05) is 10.6 Å². The minimum Gasteiger partial charge on any atom is -0.367 e. The van der Waals surface area contributed by atoms with Crippen LogP contribution in [-0.2, 0) is 10.0 Å². The van der Waals surface area contributed by atoms with Crippen LogP contribution in [0.3, 0.4) is 0 Å². The number of anilines is 3. The Hall–Kier alpha value is -3.02. The minimum absolute atomic E-state index is 0.119. The van der Waals surface area contributed by atoms with Crippen molar-refractivity contribution in [1.82, 2.24) is 9.97 Å². The van der Waals surface area contributed by atoms with Gasteiger partial charge in [-0.3, -0.25) is 4.79 Å². The van der Waals surface area contributed by atoms with Gasteiger partial charge in [0, 0.05) is 22.8 Å². The summed E-state index contributed by atoms with van der Waals surface area (Å²) in [5, 5.41) is 11.4. The molecule has 0 radical (unpaired) electrons. The van der Waals surface area contributed by atoms with E-state index in [0.29, 0.717) is 17.8 Å². The molecule has 1 aromatic carbocycles. The number of primary sulfonamides is 1. The van der Waals surface area contributed by atoms with E-state index in [2.05, 4.69) is 20.6 Å². The van der Waals surface area contributed by atoms with Crippen LogP contribution in [0.15, 0.2) is 46.8 Å². The quantitative estimate of drug-likeness (QED) is 0.448. The number of nitrogens with one attached hydrogen (secondary N) is 2. The Bertz CT molecular complexity index is 1170. The molecule has 0 aliphatic heterocycles. The normalized spacial score (nSPS) is 13.8. The van der Waals surface area contributed by atoms with Crippen LogP contribution >= 0.6 is 11.3 Å². The van der Waals surface area contributed by atoms with Gasteiger partial charge in [-0.15, -0.1) is 11.3 Å². The second-order valence-corrected chi connectivity index (χ2v) is 9.48. The zero-order valence-corrected chi connectivity index (χ0v) is 16.8. The number of amides is 1. The van der Waals surface area contributed by atoms with Crippen molar-refractivity contribution in [3.05, 3.63) is 48.2 Å². The van der Waals surface area contributed by atoms with Crippen molar-refractivity contribution >= 4 is 44.7 Å². The molecule has 11 heteroatoms.